The van der Waals surface area contributed by atoms with E-state index in [1.807, 2.05) is 19.1 Å². The predicted molar refractivity (Wildman–Crippen MR) is 88.0 cm³/mol. The Labute approximate surface area is 140 Å². The lowest BCUT2D eigenvalue weighted by Gasteiger charge is -2.15. The monoisotopic (exact) mass is 329 g/mol. The van der Waals surface area contributed by atoms with E-state index in [0.29, 0.717) is 29.4 Å². The van der Waals surface area contributed by atoms with Crippen molar-refractivity contribution in [2.75, 3.05) is 21.0 Å². The Hall–Kier alpha value is -2.89. The number of benzene rings is 2. The van der Waals surface area contributed by atoms with E-state index in [0.717, 1.165) is 16.9 Å². The lowest BCUT2D eigenvalue weighted by molar-refractivity contribution is 0.0950. The molecule has 0 saturated heterocycles. The molecule has 1 heterocycles. The summed E-state index contributed by atoms with van der Waals surface area (Å²) in [6.45, 7) is 2.45. The van der Waals surface area contributed by atoms with Crippen LogP contribution in [0.4, 0.5) is 0 Å². The van der Waals surface area contributed by atoms with Gasteiger partial charge in [-0.2, -0.15) is 0 Å². The molecule has 1 amide bonds. The van der Waals surface area contributed by atoms with Crippen molar-refractivity contribution in [2.24, 2.45) is 0 Å². The quantitative estimate of drug-likeness (QED) is 0.913. The average Bonchev–Trinajstić information content (AvgIpc) is 3.07. The second-order valence-electron chi connectivity index (χ2n) is 5.34. The summed E-state index contributed by atoms with van der Waals surface area (Å²) >= 11 is 0. The summed E-state index contributed by atoms with van der Waals surface area (Å²) in [6, 6.07) is 8.85. The van der Waals surface area contributed by atoms with Gasteiger partial charge in [-0.25, -0.2) is 0 Å². The molecule has 6 nitrogen and oxygen atoms in total. The maximum atomic E-state index is 12.4. The van der Waals surface area contributed by atoms with Crippen molar-refractivity contribution in [3.63, 3.8) is 0 Å². The van der Waals surface area contributed by atoms with Crippen molar-refractivity contribution in [2.45, 2.75) is 13.5 Å². The van der Waals surface area contributed by atoms with Crippen LogP contribution in [0.3, 0.4) is 0 Å². The van der Waals surface area contributed by atoms with Gasteiger partial charge in [0.15, 0.2) is 11.5 Å². The Balaban J connectivity index is 1.74. The van der Waals surface area contributed by atoms with Crippen molar-refractivity contribution in [3.05, 3.63) is 47.0 Å². The summed E-state index contributed by atoms with van der Waals surface area (Å²) in [5, 5.41) is 2.89. The highest BCUT2D eigenvalue weighted by Crippen LogP contribution is 2.33. The van der Waals surface area contributed by atoms with Crippen LogP contribution in [-0.4, -0.2) is 26.9 Å². The number of nitrogens with one attached hydrogen (secondary N) is 1. The van der Waals surface area contributed by atoms with Gasteiger partial charge in [-0.15, -0.1) is 0 Å². The summed E-state index contributed by atoms with van der Waals surface area (Å²) in [5.41, 5.74) is 2.29. The van der Waals surface area contributed by atoms with Crippen LogP contribution in [0.15, 0.2) is 30.3 Å². The van der Waals surface area contributed by atoms with Crippen LogP contribution in [-0.2, 0) is 6.54 Å². The molecule has 0 aromatic heterocycles. The van der Waals surface area contributed by atoms with Crippen LogP contribution in [0.25, 0.3) is 0 Å². The minimum Gasteiger partial charge on any atom is -0.496 e. The van der Waals surface area contributed by atoms with Crippen LogP contribution in [0.2, 0.25) is 0 Å². The van der Waals surface area contributed by atoms with Gasteiger partial charge in [0.25, 0.3) is 5.91 Å². The zero-order valence-corrected chi connectivity index (χ0v) is 13.8. The maximum absolute atomic E-state index is 12.4. The molecule has 0 unspecified atom stereocenters. The molecule has 0 spiro atoms. The van der Waals surface area contributed by atoms with E-state index in [1.54, 1.807) is 32.4 Å². The summed E-state index contributed by atoms with van der Waals surface area (Å²) < 4.78 is 21.3. The Bertz CT molecular complexity index is 772. The molecule has 1 aliphatic rings. The molecule has 3 rings (SSSR count). The molecule has 1 aliphatic heterocycles. The van der Waals surface area contributed by atoms with E-state index in [-0.39, 0.29) is 12.7 Å². The molecule has 0 bridgehead atoms. The normalized spacial score (nSPS) is 12.0. The Morgan fingerprint density at radius 3 is 2.67 bits per heavy atom. The molecule has 0 atom stereocenters. The third-order valence-electron chi connectivity index (χ3n) is 3.94. The van der Waals surface area contributed by atoms with E-state index in [1.165, 1.54) is 0 Å². The number of methoxy groups -OCH3 is 2. The van der Waals surface area contributed by atoms with Crippen molar-refractivity contribution >= 4 is 5.91 Å². The summed E-state index contributed by atoms with van der Waals surface area (Å²) in [5.74, 6) is 2.50. The molecule has 126 valence electrons. The van der Waals surface area contributed by atoms with Crippen molar-refractivity contribution in [3.8, 4) is 23.0 Å². The largest absolute Gasteiger partial charge is 0.496 e. The first-order valence-corrected chi connectivity index (χ1v) is 7.52. The summed E-state index contributed by atoms with van der Waals surface area (Å²) in [4.78, 5) is 12.4. The first kappa shape index (κ1) is 16.0. The lowest BCUT2D eigenvalue weighted by atomic mass is 10.1. The summed E-state index contributed by atoms with van der Waals surface area (Å²) in [6.07, 6.45) is 0. The Morgan fingerprint density at radius 2 is 1.92 bits per heavy atom. The molecule has 6 heteroatoms. The zero-order chi connectivity index (χ0) is 17.1. The van der Waals surface area contributed by atoms with Crippen LogP contribution < -0.4 is 24.3 Å². The number of hydrogen-bond acceptors (Lipinski definition) is 5. The average molecular weight is 329 g/mol. The molecule has 0 saturated carbocycles. The number of ether oxygens (including phenoxy) is 4. The second-order valence-corrected chi connectivity index (χ2v) is 5.34. The topological polar surface area (TPSA) is 66.0 Å². The van der Waals surface area contributed by atoms with E-state index in [9.17, 15) is 4.79 Å². The highest BCUT2D eigenvalue weighted by atomic mass is 16.7. The van der Waals surface area contributed by atoms with Crippen molar-refractivity contribution < 1.29 is 23.7 Å². The standard InChI is InChI=1S/C18H19NO5/c1-11-14(21-2)6-5-13(17(11)22-3)9-19-18(20)12-4-7-15-16(8-12)24-10-23-15/h4-8H,9-10H2,1-3H3,(H,19,20). The van der Waals surface area contributed by atoms with Gasteiger partial charge in [0.05, 0.1) is 14.2 Å². The Kier molecular flexibility index (Phi) is 4.46. The second kappa shape index (κ2) is 6.70. The van der Waals surface area contributed by atoms with Gasteiger partial charge in [-0.1, -0.05) is 0 Å². The molecule has 24 heavy (non-hydrogen) atoms. The van der Waals surface area contributed by atoms with E-state index in [4.69, 9.17) is 18.9 Å². The number of hydrogen-bond donors (Lipinski definition) is 1. The number of carbonyl (C=O) groups excluding carboxylic acids is 1. The first-order chi connectivity index (χ1) is 11.6. The number of carbonyl (C=O) groups is 1. The fourth-order valence-electron chi connectivity index (χ4n) is 2.69. The number of fused-ring (bicyclic) bond motifs is 1. The molecular formula is C18H19NO5. The van der Waals surface area contributed by atoms with Gasteiger partial charge >= 0.3 is 0 Å². The van der Waals surface area contributed by atoms with Crippen LogP contribution in [0.5, 0.6) is 23.0 Å². The SMILES string of the molecule is COc1ccc(CNC(=O)c2ccc3c(c2)OCO3)c(OC)c1C. The number of amides is 1. The van der Waals surface area contributed by atoms with Gasteiger partial charge in [0.2, 0.25) is 6.79 Å². The van der Waals surface area contributed by atoms with E-state index < -0.39 is 0 Å². The zero-order valence-electron chi connectivity index (χ0n) is 13.8. The fourth-order valence-corrected chi connectivity index (χ4v) is 2.69. The van der Waals surface area contributed by atoms with Crippen molar-refractivity contribution in [1.82, 2.24) is 5.32 Å². The minimum absolute atomic E-state index is 0.183. The lowest BCUT2D eigenvalue weighted by Crippen LogP contribution is -2.23. The van der Waals surface area contributed by atoms with Gasteiger partial charge in [-0.3, -0.25) is 4.79 Å². The first-order valence-electron chi connectivity index (χ1n) is 7.52. The van der Waals surface area contributed by atoms with Crippen LogP contribution in [0, 0.1) is 6.92 Å². The third-order valence-corrected chi connectivity index (χ3v) is 3.94. The van der Waals surface area contributed by atoms with Crippen LogP contribution >= 0.6 is 0 Å². The molecule has 0 aliphatic carbocycles. The maximum Gasteiger partial charge on any atom is 0.251 e. The summed E-state index contributed by atoms with van der Waals surface area (Å²) in [7, 11) is 3.22. The molecule has 2 aromatic rings. The van der Waals surface area contributed by atoms with Gasteiger partial charge in [0.1, 0.15) is 11.5 Å². The van der Waals surface area contributed by atoms with Gasteiger partial charge in [-0.05, 0) is 37.3 Å². The Morgan fingerprint density at radius 1 is 1.12 bits per heavy atom. The smallest absolute Gasteiger partial charge is 0.251 e. The van der Waals surface area contributed by atoms with Crippen LogP contribution in [0.1, 0.15) is 21.5 Å². The third kappa shape index (κ3) is 2.95. The van der Waals surface area contributed by atoms with Gasteiger partial charge < -0.3 is 24.3 Å². The molecule has 1 N–H and O–H groups in total. The molecule has 2 aromatic carbocycles. The van der Waals surface area contributed by atoms with E-state index >= 15 is 0 Å². The molecule has 0 fully saturated rings. The highest BCUT2D eigenvalue weighted by molar-refractivity contribution is 5.94. The van der Waals surface area contributed by atoms with Crippen molar-refractivity contribution in [1.29, 1.82) is 0 Å². The molecule has 0 radical (unpaired) electrons. The van der Waals surface area contributed by atoms with Gasteiger partial charge in [0, 0.05) is 23.2 Å². The van der Waals surface area contributed by atoms with E-state index in [2.05, 4.69) is 5.32 Å². The molecular weight excluding hydrogens is 310 g/mol. The minimum atomic E-state index is -0.191. The fraction of sp³-hybridized carbons (Fsp3) is 0.278. The predicted octanol–water partition coefficient (Wildman–Crippen LogP) is 2.67. The number of rotatable bonds is 5. The highest BCUT2D eigenvalue weighted by Gasteiger charge is 2.17.